The Hall–Kier alpha value is -4.27. The quantitative estimate of drug-likeness (QED) is 0.413. The van der Waals surface area contributed by atoms with Crippen molar-refractivity contribution in [3.05, 3.63) is 78.2 Å². The van der Waals surface area contributed by atoms with Gasteiger partial charge in [0.15, 0.2) is 11.6 Å². The van der Waals surface area contributed by atoms with Crippen molar-refractivity contribution in [1.82, 2.24) is 24.6 Å². The fraction of sp³-hybridized carbons (Fsp3) is 0.259. The molecule has 0 saturated carbocycles. The molecule has 1 saturated heterocycles. The first-order chi connectivity index (χ1) is 17.5. The summed E-state index contributed by atoms with van der Waals surface area (Å²) < 4.78 is 20.7. The number of benzene rings is 2. The Bertz CT molecular complexity index is 1370. The molecule has 0 bridgehead atoms. The molecule has 1 aliphatic rings. The van der Waals surface area contributed by atoms with Gasteiger partial charge in [0.05, 0.1) is 7.11 Å². The molecule has 184 valence electrons. The molecule has 4 aromatic rings. The zero-order valence-electron chi connectivity index (χ0n) is 20.3. The number of halogens is 1. The van der Waals surface area contributed by atoms with Crippen molar-refractivity contribution in [3.8, 4) is 28.5 Å². The molecule has 2 aromatic heterocycles. The normalized spacial score (nSPS) is 13.6. The van der Waals surface area contributed by atoms with Crippen LogP contribution in [0.2, 0.25) is 0 Å². The second-order valence-electron chi connectivity index (χ2n) is 8.67. The summed E-state index contributed by atoms with van der Waals surface area (Å²) in [4.78, 5) is 26.4. The number of nitrogens with zero attached hydrogens (tertiary/aromatic N) is 6. The zero-order chi connectivity index (χ0) is 25.1. The minimum absolute atomic E-state index is 0.0304. The van der Waals surface area contributed by atoms with Crippen molar-refractivity contribution < 1.29 is 13.9 Å². The van der Waals surface area contributed by atoms with Crippen LogP contribution in [-0.4, -0.2) is 63.8 Å². The maximum absolute atomic E-state index is 13.8. The lowest BCUT2D eigenvalue weighted by molar-refractivity contribution is -0.132. The number of hydrogen-bond donors (Lipinski definition) is 0. The lowest BCUT2D eigenvalue weighted by Gasteiger charge is -2.35. The SMILES string of the molecule is COc1ccnc(N2CCN(C(=O)Cn3nc(-c4ccc(F)c(C)c4)nc3-c3ccccc3)CC2)c1. The summed E-state index contributed by atoms with van der Waals surface area (Å²) >= 11 is 0. The molecule has 36 heavy (non-hydrogen) atoms. The van der Waals surface area contributed by atoms with Crippen LogP contribution in [0.4, 0.5) is 10.2 Å². The van der Waals surface area contributed by atoms with E-state index in [9.17, 15) is 9.18 Å². The van der Waals surface area contributed by atoms with Gasteiger partial charge in [-0.2, -0.15) is 0 Å². The first-order valence-corrected chi connectivity index (χ1v) is 11.8. The van der Waals surface area contributed by atoms with Crippen LogP contribution < -0.4 is 9.64 Å². The average molecular weight is 487 g/mol. The third kappa shape index (κ3) is 4.91. The van der Waals surface area contributed by atoms with Crippen LogP contribution in [0, 0.1) is 12.7 Å². The molecule has 1 amide bonds. The van der Waals surface area contributed by atoms with Crippen LogP contribution >= 0.6 is 0 Å². The van der Waals surface area contributed by atoms with Crippen molar-refractivity contribution in [2.75, 3.05) is 38.2 Å². The van der Waals surface area contributed by atoms with E-state index in [1.165, 1.54) is 6.07 Å². The van der Waals surface area contributed by atoms with E-state index in [2.05, 4.69) is 15.0 Å². The van der Waals surface area contributed by atoms with Crippen LogP contribution in [0.15, 0.2) is 66.9 Å². The third-order valence-corrected chi connectivity index (χ3v) is 6.31. The molecular weight excluding hydrogens is 459 g/mol. The topological polar surface area (TPSA) is 76.4 Å². The minimum Gasteiger partial charge on any atom is -0.497 e. The second-order valence-corrected chi connectivity index (χ2v) is 8.67. The van der Waals surface area contributed by atoms with Gasteiger partial charge < -0.3 is 14.5 Å². The highest BCUT2D eigenvalue weighted by atomic mass is 19.1. The van der Waals surface area contributed by atoms with Crippen molar-refractivity contribution in [3.63, 3.8) is 0 Å². The number of carbonyl (C=O) groups excluding carboxylic acids is 1. The molecule has 3 heterocycles. The monoisotopic (exact) mass is 486 g/mol. The number of pyridine rings is 1. The fourth-order valence-corrected chi connectivity index (χ4v) is 4.27. The number of anilines is 1. The maximum Gasteiger partial charge on any atom is 0.244 e. The summed E-state index contributed by atoms with van der Waals surface area (Å²) in [5.41, 5.74) is 2.08. The number of methoxy groups -OCH3 is 1. The molecule has 0 unspecified atom stereocenters. The van der Waals surface area contributed by atoms with Gasteiger partial charge in [-0.25, -0.2) is 19.0 Å². The van der Waals surface area contributed by atoms with Crippen molar-refractivity contribution in [2.24, 2.45) is 0 Å². The highest BCUT2D eigenvalue weighted by molar-refractivity contribution is 5.77. The molecule has 0 aliphatic carbocycles. The summed E-state index contributed by atoms with van der Waals surface area (Å²) in [6.45, 7) is 4.28. The Morgan fingerprint density at radius 2 is 1.78 bits per heavy atom. The Balaban J connectivity index is 1.34. The van der Waals surface area contributed by atoms with Crippen LogP contribution in [0.25, 0.3) is 22.8 Å². The average Bonchev–Trinajstić information content (AvgIpc) is 3.34. The molecular formula is C27H27FN6O2. The van der Waals surface area contributed by atoms with Crippen molar-refractivity contribution in [1.29, 1.82) is 0 Å². The van der Waals surface area contributed by atoms with Crippen LogP contribution in [0.5, 0.6) is 5.75 Å². The first-order valence-electron chi connectivity index (χ1n) is 11.8. The fourth-order valence-electron chi connectivity index (χ4n) is 4.27. The Kier molecular flexibility index (Phi) is 6.62. The first kappa shape index (κ1) is 23.5. The summed E-state index contributed by atoms with van der Waals surface area (Å²) in [7, 11) is 1.63. The van der Waals surface area contributed by atoms with Gasteiger partial charge in [-0.15, -0.1) is 5.10 Å². The van der Waals surface area contributed by atoms with Crippen LogP contribution in [0.3, 0.4) is 0 Å². The number of piperazine rings is 1. The van der Waals surface area contributed by atoms with Gasteiger partial charge in [0.1, 0.15) is 23.9 Å². The third-order valence-electron chi connectivity index (χ3n) is 6.31. The van der Waals surface area contributed by atoms with Crippen LogP contribution in [0.1, 0.15) is 5.56 Å². The van der Waals surface area contributed by atoms with Gasteiger partial charge in [0, 0.05) is 49.6 Å². The van der Waals surface area contributed by atoms with Gasteiger partial charge in [-0.1, -0.05) is 30.3 Å². The lowest BCUT2D eigenvalue weighted by atomic mass is 10.1. The van der Waals surface area contributed by atoms with E-state index in [1.807, 2.05) is 47.4 Å². The molecule has 5 rings (SSSR count). The Morgan fingerprint density at radius 3 is 2.50 bits per heavy atom. The number of ether oxygens (including phenoxy) is 1. The predicted molar refractivity (Wildman–Crippen MR) is 135 cm³/mol. The lowest BCUT2D eigenvalue weighted by Crippen LogP contribution is -2.50. The highest BCUT2D eigenvalue weighted by Crippen LogP contribution is 2.25. The molecule has 0 radical (unpaired) electrons. The summed E-state index contributed by atoms with van der Waals surface area (Å²) in [6.07, 6.45) is 1.72. The molecule has 9 heteroatoms. The number of carbonyl (C=O) groups is 1. The molecule has 2 aromatic carbocycles. The van der Waals surface area contributed by atoms with Crippen molar-refractivity contribution in [2.45, 2.75) is 13.5 Å². The van der Waals surface area contributed by atoms with E-state index in [0.717, 1.165) is 17.1 Å². The summed E-state index contributed by atoms with van der Waals surface area (Å²) in [5.74, 6) is 2.34. The second kappa shape index (κ2) is 10.2. The highest BCUT2D eigenvalue weighted by Gasteiger charge is 2.24. The van der Waals surface area contributed by atoms with E-state index in [0.29, 0.717) is 49.0 Å². The molecule has 1 aliphatic heterocycles. The number of aryl methyl sites for hydroxylation is 1. The maximum atomic E-state index is 13.8. The summed E-state index contributed by atoms with van der Waals surface area (Å²) in [5, 5.41) is 4.65. The molecule has 0 spiro atoms. The van der Waals surface area contributed by atoms with E-state index in [-0.39, 0.29) is 18.3 Å². The van der Waals surface area contributed by atoms with Gasteiger partial charge in [0.25, 0.3) is 0 Å². The standard InChI is InChI=1S/C27H27FN6O2/c1-19-16-21(8-9-23(19)28)26-30-27(20-6-4-3-5-7-20)34(31-26)18-25(35)33-14-12-32(13-15-33)24-17-22(36-2)10-11-29-24/h3-11,16-17H,12-15,18H2,1-2H3. The summed E-state index contributed by atoms with van der Waals surface area (Å²) in [6, 6.07) is 18.1. The van der Waals surface area contributed by atoms with E-state index >= 15 is 0 Å². The van der Waals surface area contributed by atoms with Gasteiger partial charge in [-0.3, -0.25) is 4.79 Å². The van der Waals surface area contributed by atoms with Crippen LogP contribution in [-0.2, 0) is 11.3 Å². The number of hydrogen-bond acceptors (Lipinski definition) is 6. The van der Waals surface area contributed by atoms with Crippen molar-refractivity contribution >= 4 is 11.7 Å². The van der Waals surface area contributed by atoms with Gasteiger partial charge in [-0.05, 0) is 36.8 Å². The van der Waals surface area contributed by atoms with E-state index in [4.69, 9.17) is 9.72 Å². The predicted octanol–water partition coefficient (Wildman–Crippen LogP) is 3.81. The molecule has 0 atom stereocenters. The number of amides is 1. The zero-order valence-corrected chi connectivity index (χ0v) is 20.3. The Labute approximate surface area is 209 Å². The van der Waals surface area contributed by atoms with Gasteiger partial charge >= 0.3 is 0 Å². The molecule has 0 N–H and O–H groups in total. The van der Waals surface area contributed by atoms with E-state index in [1.54, 1.807) is 37.0 Å². The van der Waals surface area contributed by atoms with E-state index < -0.39 is 0 Å². The number of rotatable bonds is 6. The molecule has 8 nitrogen and oxygen atoms in total. The largest absolute Gasteiger partial charge is 0.497 e. The molecule has 1 fully saturated rings. The Morgan fingerprint density at radius 1 is 1.00 bits per heavy atom. The number of aromatic nitrogens is 4. The smallest absolute Gasteiger partial charge is 0.244 e. The van der Waals surface area contributed by atoms with Gasteiger partial charge in [0.2, 0.25) is 5.91 Å². The minimum atomic E-state index is -0.278.